The lowest BCUT2D eigenvalue weighted by atomic mass is 10.1. The Morgan fingerprint density at radius 3 is 2.57 bits per heavy atom. The summed E-state index contributed by atoms with van der Waals surface area (Å²) in [5, 5.41) is 2.60. The molecule has 0 unspecified atom stereocenters. The van der Waals surface area contributed by atoms with Gasteiger partial charge in [0.05, 0.1) is 6.54 Å². The molecule has 4 rings (SSSR count). The zero-order valence-corrected chi connectivity index (χ0v) is 15.7. The minimum absolute atomic E-state index is 0.0957. The summed E-state index contributed by atoms with van der Waals surface area (Å²) in [5.41, 5.74) is 3.60. The van der Waals surface area contributed by atoms with E-state index in [9.17, 15) is 14.0 Å². The average Bonchev–Trinajstić information content (AvgIpc) is 3.30. The summed E-state index contributed by atoms with van der Waals surface area (Å²) in [7, 11) is 0. The lowest BCUT2D eigenvalue weighted by Gasteiger charge is -2.18. The first-order valence-corrected chi connectivity index (χ1v) is 9.46. The Labute approximate surface area is 163 Å². The summed E-state index contributed by atoms with van der Waals surface area (Å²) in [6, 6.07) is 11.7. The van der Waals surface area contributed by atoms with Crippen molar-refractivity contribution in [2.24, 2.45) is 0 Å². The second-order valence-corrected chi connectivity index (χ2v) is 7.21. The van der Waals surface area contributed by atoms with Gasteiger partial charge in [0.15, 0.2) is 0 Å². The Bertz CT molecular complexity index is 964. The second kappa shape index (κ2) is 7.46. The number of benzene rings is 2. The van der Waals surface area contributed by atoms with Crippen LogP contribution in [0.2, 0.25) is 0 Å². The topological polar surface area (TPSA) is 52.7 Å². The highest BCUT2D eigenvalue weighted by molar-refractivity contribution is 6.14. The molecule has 6 heteroatoms. The van der Waals surface area contributed by atoms with E-state index in [4.69, 9.17) is 0 Å². The smallest absolute Gasteiger partial charge is 0.329 e. The lowest BCUT2D eigenvalue weighted by Crippen LogP contribution is -2.30. The zero-order chi connectivity index (χ0) is 19.7. The number of hydrogen-bond donors (Lipinski definition) is 1. The number of amides is 3. The molecule has 144 valence electrons. The third-order valence-electron chi connectivity index (χ3n) is 5.27. The van der Waals surface area contributed by atoms with E-state index >= 15 is 0 Å². The molecule has 2 heterocycles. The first-order valence-electron chi connectivity index (χ1n) is 9.46. The van der Waals surface area contributed by atoms with Crippen molar-refractivity contribution in [2.75, 3.05) is 18.0 Å². The SMILES string of the molecule is Cc1cc(N2CCCC2)ccc1/C=C1/NC(=O)N(Cc2ccccc2F)C1=O. The Morgan fingerprint density at radius 2 is 1.86 bits per heavy atom. The predicted octanol–water partition coefficient (Wildman–Crippen LogP) is 3.83. The first kappa shape index (κ1) is 18.2. The molecule has 2 saturated heterocycles. The quantitative estimate of drug-likeness (QED) is 0.649. The summed E-state index contributed by atoms with van der Waals surface area (Å²) in [4.78, 5) is 28.3. The van der Waals surface area contributed by atoms with E-state index in [-0.39, 0.29) is 12.2 Å². The van der Waals surface area contributed by atoms with Gasteiger partial charge < -0.3 is 10.2 Å². The fourth-order valence-electron chi connectivity index (χ4n) is 3.66. The normalized spacial score (nSPS) is 18.3. The van der Waals surface area contributed by atoms with E-state index in [1.165, 1.54) is 24.6 Å². The highest BCUT2D eigenvalue weighted by Crippen LogP contribution is 2.25. The number of carbonyl (C=O) groups is 2. The minimum atomic E-state index is -0.536. The van der Waals surface area contributed by atoms with Gasteiger partial charge in [-0.15, -0.1) is 0 Å². The highest BCUT2D eigenvalue weighted by atomic mass is 19.1. The van der Waals surface area contributed by atoms with Gasteiger partial charge in [0.1, 0.15) is 11.5 Å². The average molecular weight is 379 g/mol. The molecule has 0 radical (unpaired) electrons. The number of nitrogens with zero attached hydrogens (tertiary/aromatic N) is 2. The lowest BCUT2D eigenvalue weighted by molar-refractivity contribution is -0.123. The summed E-state index contributed by atoms with van der Waals surface area (Å²) in [6.45, 7) is 4.03. The summed E-state index contributed by atoms with van der Waals surface area (Å²) >= 11 is 0. The van der Waals surface area contributed by atoms with Crippen LogP contribution in [-0.4, -0.2) is 29.9 Å². The molecule has 2 fully saturated rings. The zero-order valence-electron chi connectivity index (χ0n) is 15.7. The number of nitrogens with one attached hydrogen (secondary N) is 1. The van der Waals surface area contributed by atoms with Crippen molar-refractivity contribution in [1.82, 2.24) is 10.2 Å². The van der Waals surface area contributed by atoms with Gasteiger partial charge >= 0.3 is 6.03 Å². The second-order valence-electron chi connectivity index (χ2n) is 7.21. The molecular weight excluding hydrogens is 357 g/mol. The van der Waals surface area contributed by atoms with E-state index in [1.54, 1.807) is 24.3 Å². The van der Waals surface area contributed by atoms with Crippen LogP contribution in [0, 0.1) is 12.7 Å². The van der Waals surface area contributed by atoms with Crippen LogP contribution in [0.5, 0.6) is 0 Å². The number of halogens is 1. The van der Waals surface area contributed by atoms with E-state index in [2.05, 4.69) is 16.3 Å². The van der Waals surface area contributed by atoms with Crippen molar-refractivity contribution >= 4 is 23.7 Å². The van der Waals surface area contributed by atoms with Gasteiger partial charge in [-0.25, -0.2) is 9.18 Å². The monoisotopic (exact) mass is 379 g/mol. The molecule has 2 aromatic carbocycles. The Hall–Kier alpha value is -3.15. The number of anilines is 1. The number of rotatable bonds is 4. The summed E-state index contributed by atoms with van der Waals surface area (Å²) < 4.78 is 13.9. The third-order valence-corrected chi connectivity index (χ3v) is 5.27. The van der Waals surface area contributed by atoms with Crippen molar-refractivity contribution in [1.29, 1.82) is 0 Å². The number of carbonyl (C=O) groups excluding carboxylic acids is 2. The van der Waals surface area contributed by atoms with Crippen LogP contribution in [0.4, 0.5) is 14.9 Å². The fourth-order valence-corrected chi connectivity index (χ4v) is 3.66. The molecule has 5 nitrogen and oxygen atoms in total. The number of imide groups is 1. The Kier molecular flexibility index (Phi) is 4.86. The van der Waals surface area contributed by atoms with E-state index in [0.29, 0.717) is 5.56 Å². The van der Waals surface area contributed by atoms with E-state index in [1.807, 2.05) is 19.1 Å². The predicted molar refractivity (Wildman–Crippen MR) is 106 cm³/mol. The maximum atomic E-state index is 13.9. The molecule has 3 amide bonds. The molecule has 0 saturated carbocycles. The fraction of sp³-hybridized carbons (Fsp3) is 0.273. The molecule has 2 aliphatic heterocycles. The van der Waals surface area contributed by atoms with Gasteiger partial charge in [-0.05, 0) is 55.2 Å². The molecular formula is C22H22FN3O2. The molecule has 0 aromatic heterocycles. The molecule has 2 aliphatic rings. The first-order chi connectivity index (χ1) is 13.5. The summed E-state index contributed by atoms with van der Waals surface area (Å²) in [5.74, 6) is -0.884. The maximum absolute atomic E-state index is 13.9. The van der Waals surface area contributed by atoms with Gasteiger partial charge in [0, 0.05) is 24.3 Å². The van der Waals surface area contributed by atoms with Crippen molar-refractivity contribution in [3.63, 3.8) is 0 Å². The van der Waals surface area contributed by atoms with Gasteiger partial charge in [-0.1, -0.05) is 24.3 Å². The third kappa shape index (κ3) is 3.50. The van der Waals surface area contributed by atoms with Crippen LogP contribution >= 0.6 is 0 Å². The van der Waals surface area contributed by atoms with Crippen LogP contribution < -0.4 is 10.2 Å². The van der Waals surface area contributed by atoms with Crippen molar-refractivity contribution in [3.05, 3.63) is 70.7 Å². The van der Waals surface area contributed by atoms with Gasteiger partial charge in [-0.3, -0.25) is 9.69 Å². The number of urea groups is 1. The Balaban J connectivity index is 1.54. The maximum Gasteiger partial charge on any atom is 0.329 e. The van der Waals surface area contributed by atoms with Gasteiger partial charge in [0.25, 0.3) is 5.91 Å². The number of hydrogen-bond acceptors (Lipinski definition) is 3. The van der Waals surface area contributed by atoms with Crippen LogP contribution in [0.3, 0.4) is 0 Å². The van der Waals surface area contributed by atoms with Crippen molar-refractivity contribution < 1.29 is 14.0 Å². The standard InChI is InChI=1S/C22H22FN3O2/c1-15-12-18(25-10-4-5-11-25)9-8-16(15)13-20-21(27)26(22(28)24-20)14-17-6-2-3-7-19(17)23/h2-3,6-9,12-13H,4-5,10-11,14H2,1H3,(H,24,28)/b20-13+. The molecule has 1 N–H and O–H groups in total. The largest absolute Gasteiger partial charge is 0.372 e. The van der Waals surface area contributed by atoms with Crippen LogP contribution in [0.15, 0.2) is 48.2 Å². The molecule has 2 aromatic rings. The van der Waals surface area contributed by atoms with E-state index in [0.717, 1.165) is 29.1 Å². The number of aryl methyl sites for hydroxylation is 1. The molecule has 0 spiro atoms. The Morgan fingerprint density at radius 1 is 1.11 bits per heavy atom. The van der Waals surface area contributed by atoms with Crippen LogP contribution in [-0.2, 0) is 11.3 Å². The van der Waals surface area contributed by atoms with Crippen LogP contribution in [0.1, 0.15) is 29.5 Å². The van der Waals surface area contributed by atoms with E-state index < -0.39 is 17.8 Å². The van der Waals surface area contributed by atoms with Crippen LogP contribution in [0.25, 0.3) is 6.08 Å². The molecule has 0 aliphatic carbocycles. The molecule has 28 heavy (non-hydrogen) atoms. The van der Waals surface area contributed by atoms with Crippen molar-refractivity contribution in [2.45, 2.75) is 26.3 Å². The van der Waals surface area contributed by atoms with Crippen molar-refractivity contribution in [3.8, 4) is 0 Å². The molecule has 0 atom stereocenters. The van der Waals surface area contributed by atoms with Gasteiger partial charge in [0.2, 0.25) is 0 Å². The summed E-state index contributed by atoms with van der Waals surface area (Å²) in [6.07, 6.45) is 4.11. The minimum Gasteiger partial charge on any atom is -0.372 e. The molecule has 0 bridgehead atoms. The van der Waals surface area contributed by atoms with Gasteiger partial charge in [-0.2, -0.15) is 0 Å². The highest BCUT2D eigenvalue weighted by Gasteiger charge is 2.34.